The summed E-state index contributed by atoms with van der Waals surface area (Å²) in [5.74, 6) is -1.68. The molecule has 8 heteroatoms. The van der Waals surface area contributed by atoms with E-state index in [0.29, 0.717) is 65.7 Å². The van der Waals surface area contributed by atoms with Crippen molar-refractivity contribution in [1.82, 2.24) is 20.4 Å². The molecule has 248 valence electrons. The maximum absolute atomic E-state index is 15.0. The van der Waals surface area contributed by atoms with Crippen LogP contribution in [-0.4, -0.2) is 59.9 Å². The van der Waals surface area contributed by atoms with Crippen molar-refractivity contribution in [2.45, 2.75) is 112 Å². The number of amides is 2. The molecule has 1 aromatic carbocycles. The van der Waals surface area contributed by atoms with Crippen molar-refractivity contribution in [3.63, 3.8) is 0 Å². The summed E-state index contributed by atoms with van der Waals surface area (Å²) in [6.45, 7) is 17.4. The zero-order valence-corrected chi connectivity index (χ0v) is 28.5. The van der Waals surface area contributed by atoms with Gasteiger partial charge in [0.15, 0.2) is 0 Å². The van der Waals surface area contributed by atoms with Gasteiger partial charge >= 0.3 is 0 Å². The summed E-state index contributed by atoms with van der Waals surface area (Å²) < 4.78 is 28.8. The number of carbonyl (C=O) groups excluding carboxylic acids is 2. The molecule has 6 nitrogen and oxygen atoms in total. The molecule has 0 aromatic heterocycles. The maximum atomic E-state index is 15.0. The molecule has 0 aliphatic carbocycles. The number of allylic oxidation sites excluding steroid dienone is 4. The lowest BCUT2D eigenvalue weighted by Gasteiger charge is -2.34. The molecule has 0 spiro atoms. The molecule has 2 N–H and O–H groups in total. The standard InChI is InChI=1S/C35H48F2N4O2.C2H6/c1-6-12-31-33(27(7-2)28-15-14-25(36)21-30(28)37)29(34(42)39-31)22-32(38-23(3)4)24(5)35(43)41-19-11-13-26(16-20-41)40-17-9-8-10-18-40;1-2/h12,14-15,21-23,26,38H,6-11,13,16-20H2,1-5H3,(H,39,42);1-2H3/b29-22-,31-12+,32-24+,33-27+;. The van der Waals surface area contributed by atoms with Crippen LogP contribution in [0.4, 0.5) is 8.78 Å². The Morgan fingerprint density at radius 3 is 2.38 bits per heavy atom. The highest BCUT2D eigenvalue weighted by molar-refractivity contribution is 6.09. The van der Waals surface area contributed by atoms with E-state index < -0.39 is 11.6 Å². The van der Waals surface area contributed by atoms with E-state index in [9.17, 15) is 14.0 Å². The predicted octanol–water partition coefficient (Wildman–Crippen LogP) is 7.64. The van der Waals surface area contributed by atoms with Crippen molar-refractivity contribution in [2.24, 2.45) is 0 Å². The van der Waals surface area contributed by atoms with E-state index in [1.54, 1.807) is 6.08 Å². The summed E-state index contributed by atoms with van der Waals surface area (Å²) in [4.78, 5) is 31.9. The Kier molecular flexibility index (Phi) is 14.0. The van der Waals surface area contributed by atoms with Gasteiger partial charge in [0.05, 0.1) is 5.57 Å². The molecule has 0 bridgehead atoms. The lowest BCUT2D eigenvalue weighted by molar-refractivity contribution is -0.127. The van der Waals surface area contributed by atoms with Crippen molar-refractivity contribution in [3.8, 4) is 0 Å². The normalized spacial score (nSPS) is 22.9. The summed E-state index contributed by atoms with van der Waals surface area (Å²) >= 11 is 0. The molecule has 45 heavy (non-hydrogen) atoms. The van der Waals surface area contributed by atoms with Crippen LogP contribution in [0.5, 0.6) is 0 Å². The molecule has 1 aromatic rings. The van der Waals surface area contributed by atoms with Crippen LogP contribution in [0.3, 0.4) is 0 Å². The van der Waals surface area contributed by atoms with Gasteiger partial charge in [-0.3, -0.25) is 9.59 Å². The summed E-state index contributed by atoms with van der Waals surface area (Å²) in [6.07, 6.45) is 11.6. The number of nitrogens with zero attached hydrogens (tertiary/aromatic N) is 2. The number of benzene rings is 1. The molecule has 3 aliphatic heterocycles. The van der Waals surface area contributed by atoms with Crippen molar-refractivity contribution >= 4 is 17.4 Å². The van der Waals surface area contributed by atoms with Crippen LogP contribution in [0, 0.1) is 11.6 Å². The molecule has 3 saturated heterocycles. The van der Waals surface area contributed by atoms with E-state index in [1.165, 1.54) is 31.4 Å². The minimum Gasteiger partial charge on any atom is -0.382 e. The molecule has 0 saturated carbocycles. The minimum absolute atomic E-state index is 0.00459. The Bertz CT molecular complexity index is 1320. The second-order valence-corrected chi connectivity index (χ2v) is 12.2. The fraction of sp³-hybridized carbons (Fsp3) is 0.568. The molecule has 1 atom stereocenters. The van der Waals surface area contributed by atoms with Gasteiger partial charge in [0.2, 0.25) is 0 Å². The number of carbonyl (C=O) groups is 2. The lowest BCUT2D eigenvalue weighted by atomic mass is 9.91. The molecule has 4 rings (SSSR count). The van der Waals surface area contributed by atoms with Crippen LogP contribution in [0.15, 0.2) is 58.5 Å². The molecule has 3 fully saturated rings. The maximum Gasteiger partial charge on any atom is 0.256 e. The van der Waals surface area contributed by atoms with E-state index in [4.69, 9.17) is 0 Å². The van der Waals surface area contributed by atoms with E-state index in [-0.39, 0.29) is 23.4 Å². The second kappa shape index (κ2) is 17.4. The van der Waals surface area contributed by atoms with E-state index in [2.05, 4.69) is 15.5 Å². The third kappa shape index (κ3) is 9.15. The smallest absolute Gasteiger partial charge is 0.256 e. The van der Waals surface area contributed by atoms with E-state index in [1.807, 2.05) is 59.4 Å². The van der Waals surface area contributed by atoms with Gasteiger partial charge in [0.1, 0.15) is 11.6 Å². The van der Waals surface area contributed by atoms with Crippen LogP contribution in [0.2, 0.25) is 0 Å². The van der Waals surface area contributed by atoms with Gasteiger partial charge in [-0.25, -0.2) is 8.78 Å². The van der Waals surface area contributed by atoms with Crippen LogP contribution in [0.1, 0.15) is 105 Å². The monoisotopic (exact) mass is 624 g/mol. The van der Waals surface area contributed by atoms with Crippen molar-refractivity contribution in [1.29, 1.82) is 0 Å². The van der Waals surface area contributed by atoms with Crippen molar-refractivity contribution in [3.05, 3.63) is 75.7 Å². The summed E-state index contributed by atoms with van der Waals surface area (Å²) in [5.41, 5.74) is 3.52. The van der Waals surface area contributed by atoms with E-state index in [0.717, 1.165) is 38.4 Å². The van der Waals surface area contributed by atoms with Gasteiger partial charge < -0.3 is 20.4 Å². The van der Waals surface area contributed by atoms with Crippen LogP contribution >= 0.6 is 0 Å². The molecular weight excluding hydrogens is 570 g/mol. The van der Waals surface area contributed by atoms with Crippen LogP contribution < -0.4 is 10.6 Å². The fourth-order valence-electron chi connectivity index (χ4n) is 6.56. The quantitative estimate of drug-likeness (QED) is 0.292. The zero-order chi connectivity index (χ0) is 33.1. The van der Waals surface area contributed by atoms with Gasteiger partial charge in [-0.1, -0.05) is 40.2 Å². The third-order valence-electron chi connectivity index (χ3n) is 8.70. The summed E-state index contributed by atoms with van der Waals surface area (Å²) in [7, 11) is 0. The van der Waals surface area contributed by atoms with Crippen molar-refractivity contribution < 1.29 is 18.4 Å². The first-order valence-corrected chi connectivity index (χ1v) is 17.1. The molecule has 2 amide bonds. The highest BCUT2D eigenvalue weighted by Crippen LogP contribution is 2.37. The van der Waals surface area contributed by atoms with Crippen LogP contribution in [-0.2, 0) is 9.59 Å². The largest absolute Gasteiger partial charge is 0.382 e. The number of rotatable bonds is 8. The Balaban J connectivity index is 0.00000271. The van der Waals surface area contributed by atoms with E-state index >= 15 is 4.39 Å². The topological polar surface area (TPSA) is 64.7 Å². The molecule has 3 aliphatic rings. The average Bonchev–Trinajstić information content (AvgIpc) is 3.18. The third-order valence-corrected chi connectivity index (χ3v) is 8.70. The SMILES string of the molecule is CC.CC/C=C1/NC(=O)C(=C\C(NC(C)C)=C(\C)C(=O)N2CCCC(N3CCCCC3)CC2)/C1=C(/CC)c1ccc(F)cc1F. The first kappa shape index (κ1) is 36.2. The highest BCUT2D eigenvalue weighted by atomic mass is 19.1. The number of nitrogens with one attached hydrogen (secondary N) is 2. The number of hydrogen-bond donors (Lipinski definition) is 2. The number of halogens is 2. The number of likely N-dealkylation sites (tertiary alicyclic amines) is 2. The molecular formula is C37H54F2N4O2. The van der Waals surface area contributed by atoms with Crippen LogP contribution in [0.25, 0.3) is 5.57 Å². The first-order chi connectivity index (χ1) is 21.6. The predicted molar refractivity (Wildman–Crippen MR) is 180 cm³/mol. The average molecular weight is 625 g/mol. The Hall–Kier alpha value is -3.26. The Morgan fingerprint density at radius 1 is 1.04 bits per heavy atom. The highest BCUT2D eigenvalue weighted by Gasteiger charge is 2.32. The minimum atomic E-state index is -0.676. The Morgan fingerprint density at radius 2 is 1.76 bits per heavy atom. The van der Waals surface area contributed by atoms with Gasteiger partial charge in [0, 0.05) is 59.3 Å². The number of hydrogen-bond acceptors (Lipinski definition) is 4. The van der Waals surface area contributed by atoms with Gasteiger partial charge in [-0.2, -0.15) is 0 Å². The van der Waals surface area contributed by atoms with Gasteiger partial charge in [0.25, 0.3) is 11.8 Å². The lowest BCUT2D eigenvalue weighted by Crippen LogP contribution is -2.40. The van der Waals surface area contributed by atoms with Crippen molar-refractivity contribution in [2.75, 3.05) is 26.2 Å². The van der Waals surface area contributed by atoms with Gasteiger partial charge in [-0.05, 0) is 103 Å². The summed E-state index contributed by atoms with van der Waals surface area (Å²) in [5, 5.41) is 6.36. The summed E-state index contributed by atoms with van der Waals surface area (Å²) in [6, 6.07) is 4.06. The Labute approximate surface area is 269 Å². The number of piperidine rings is 1. The molecule has 3 heterocycles. The second-order valence-electron chi connectivity index (χ2n) is 12.2. The molecule has 0 radical (unpaired) electrons. The zero-order valence-electron chi connectivity index (χ0n) is 28.5. The first-order valence-electron chi connectivity index (χ1n) is 17.1. The van der Waals surface area contributed by atoms with Gasteiger partial charge in [-0.15, -0.1) is 0 Å². The molecule has 1 unspecified atom stereocenters. The fourth-order valence-corrected chi connectivity index (χ4v) is 6.56.